The molecule has 0 bridgehead atoms. The van der Waals surface area contributed by atoms with E-state index in [-0.39, 0.29) is 28.0 Å². The number of aromatic amines is 1. The van der Waals surface area contributed by atoms with E-state index in [1.807, 2.05) is 0 Å². The summed E-state index contributed by atoms with van der Waals surface area (Å²) in [6, 6.07) is 6.69. The Morgan fingerprint density at radius 2 is 2.12 bits per heavy atom. The van der Waals surface area contributed by atoms with Crippen LogP contribution < -0.4 is 16.4 Å². The predicted octanol–water partition coefficient (Wildman–Crippen LogP) is 0.893. The Bertz CT molecular complexity index is 1260. The van der Waals surface area contributed by atoms with Gasteiger partial charge in [-0.2, -0.15) is 5.21 Å². The van der Waals surface area contributed by atoms with Gasteiger partial charge in [-0.3, -0.25) is 14.9 Å². The van der Waals surface area contributed by atoms with Gasteiger partial charge in [0.1, 0.15) is 16.7 Å². The molecule has 0 saturated carbocycles. The molecule has 1 amide bonds. The number of aromatic nitrogens is 5. The number of anilines is 1. The number of para-hydroxylation sites is 1. The minimum Gasteiger partial charge on any atom is -0.421 e. The van der Waals surface area contributed by atoms with Gasteiger partial charge < -0.3 is 8.98 Å². The second-order valence-electron chi connectivity index (χ2n) is 5.46. The molecule has 0 aliphatic carbocycles. The number of hydrogen-bond acceptors (Lipinski definition) is 7. The monoisotopic (exact) mass is 352 g/mol. The van der Waals surface area contributed by atoms with Crippen molar-refractivity contribution in [1.29, 1.82) is 0 Å². The second-order valence-corrected chi connectivity index (χ2v) is 5.46. The van der Waals surface area contributed by atoms with Crippen LogP contribution in [0.25, 0.3) is 21.9 Å². The molecule has 2 N–H and O–H groups in total. The van der Waals surface area contributed by atoms with Gasteiger partial charge in [-0.1, -0.05) is 23.3 Å². The number of aryl methyl sites for hydroxylation is 1. The van der Waals surface area contributed by atoms with Crippen LogP contribution in [0.5, 0.6) is 0 Å². The van der Waals surface area contributed by atoms with Crippen molar-refractivity contribution >= 4 is 33.7 Å². The standard InChI is InChI=1S/C16H12N6O4/c1-2-22-7-9(14(24)17-16-18-20-21-19-16)13(23)11-8-5-3-4-6-10(8)26-15(25)12(11)22/h3-7H,2H2,1H3,(H2,17,18,19,20,21,24). The molecule has 0 atom stereocenters. The van der Waals surface area contributed by atoms with Crippen molar-refractivity contribution in [3.63, 3.8) is 0 Å². The summed E-state index contributed by atoms with van der Waals surface area (Å²) in [5.41, 5.74) is -0.953. The van der Waals surface area contributed by atoms with Crippen LogP contribution in [0.2, 0.25) is 0 Å². The van der Waals surface area contributed by atoms with Crippen molar-refractivity contribution in [2.75, 3.05) is 5.32 Å². The number of H-pyrrole nitrogens is 1. The smallest absolute Gasteiger partial charge is 0.361 e. The highest BCUT2D eigenvalue weighted by molar-refractivity contribution is 6.09. The molecule has 10 nitrogen and oxygen atoms in total. The highest BCUT2D eigenvalue weighted by Gasteiger charge is 2.20. The lowest BCUT2D eigenvalue weighted by atomic mass is 10.1. The Hall–Kier alpha value is -3.82. The summed E-state index contributed by atoms with van der Waals surface area (Å²) in [4.78, 5) is 37.9. The molecule has 4 aromatic rings. The van der Waals surface area contributed by atoms with E-state index in [1.165, 1.54) is 10.8 Å². The molecule has 0 fully saturated rings. The zero-order valence-corrected chi connectivity index (χ0v) is 13.5. The second kappa shape index (κ2) is 5.92. The molecular weight excluding hydrogens is 340 g/mol. The molecule has 0 saturated heterocycles. The summed E-state index contributed by atoms with van der Waals surface area (Å²) < 4.78 is 6.82. The maximum absolute atomic E-state index is 13.0. The summed E-state index contributed by atoms with van der Waals surface area (Å²) in [6.45, 7) is 2.15. The minimum atomic E-state index is -0.696. The highest BCUT2D eigenvalue weighted by atomic mass is 16.4. The molecule has 1 aromatic carbocycles. The number of carbonyl (C=O) groups excluding carboxylic acids is 1. The van der Waals surface area contributed by atoms with Crippen molar-refractivity contribution in [3.05, 3.63) is 56.7 Å². The van der Waals surface area contributed by atoms with Crippen molar-refractivity contribution in [2.24, 2.45) is 0 Å². The van der Waals surface area contributed by atoms with Gasteiger partial charge in [-0.15, -0.1) is 5.10 Å². The first-order valence-corrected chi connectivity index (χ1v) is 7.74. The number of pyridine rings is 1. The van der Waals surface area contributed by atoms with Crippen LogP contribution in [0.15, 0.2) is 44.5 Å². The summed E-state index contributed by atoms with van der Waals surface area (Å²) in [6.07, 6.45) is 1.33. The van der Waals surface area contributed by atoms with Gasteiger partial charge in [-0.05, 0) is 18.2 Å². The Labute approximate surface area is 144 Å². The van der Waals surface area contributed by atoms with E-state index in [0.29, 0.717) is 11.9 Å². The average molecular weight is 352 g/mol. The van der Waals surface area contributed by atoms with E-state index in [2.05, 4.69) is 25.9 Å². The molecule has 0 aliphatic heterocycles. The first-order chi connectivity index (χ1) is 12.6. The number of nitrogens with zero attached hydrogens (tertiary/aromatic N) is 4. The molecule has 0 aliphatic rings. The first kappa shape index (κ1) is 15.7. The van der Waals surface area contributed by atoms with Gasteiger partial charge in [0, 0.05) is 18.1 Å². The normalized spacial score (nSPS) is 11.1. The minimum absolute atomic E-state index is 0.0602. The maximum atomic E-state index is 13.0. The number of tetrazole rings is 1. The van der Waals surface area contributed by atoms with Crippen molar-refractivity contribution < 1.29 is 9.21 Å². The summed E-state index contributed by atoms with van der Waals surface area (Å²) in [5.74, 6) is -0.757. The quantitative estimate of drug-likeness (QED) is 0.413. The van der Waals surface area contributed by atoms with Crippen molar-refractivity contribution in [3.8, 4) is 0 Å². The summed E-state index contributed by atoms with van der Waals surface area (Å²) >= 11 is 0. The van der Waals surface area contributed by atoms with E-state index in [4.69, 9.17) is 4.42 Å². The number of fused-ring (bicyclic) bond motifs is 3. The average Bonchev–Trinajstić information content (AvgIpc) is 3.14. The highest BCUT2D eigenvalue weighted by Crippen LogP contribution is 2.20. The SMILES string of the molecule is CCn1cc(C(=O)Nc2nn[nH]n2)c(=O)c2c3ccccc3oc(=O)c21. The van der Waals surface area contributed by atoms with Crippen LogP contribution >= 0.6 is 0 Å². The fourth-order valence-electron chi connectivity index (χ4n) is 2.84. The fourth-order valence-corrected chi connectivity index (χ4v) is 2.84. The van der Waals surface area contributed by atoms with Gasteiger partial charge in [0.15, 0.2) is 0 Å². The van der Waals surface area contributed by atoms with Gasteiger partial charge >= 0.3 is 5.63 Å². The molecule has 3 heterocycles. The lowest BCUT2D eigenvalue weighted by Gasteiger charge is -2.11. The third-order valence-electron chi connectivity index (χ3n) is 3.99. The van der Waals surface area contributed by atoms with Crippen LogP contribution in [-0.2, 0) is 6.54 Å². The van der Waals surface area contributed by atoms with Crippen LogP contribution in [0, 0.1) is 0 Å². The number of rotatable bonds is 3. The number of hydrogen-bond donors (Lipinski definition) is 2. The van der Waals surface area contributed by atoms with Gasteiger partial charge in [-0.25, -0.2) is 4.79 Å². The Balaban J connectivity index is 2.05. The molecule has 3 aromatic heterocycles. The van der Waals surface area contributed by atoms with Crippen molar-refractivity contribution in [2.45, 2.75) is 13.5 Å². The largest absolute Gasteiger partial charge is 0.421 e. The molecule has 0 spiro atoms. The van der Waals surface area contributed by atoms with Crippen LogP contribution in [-0.4, -0.2) is 31.1 Å². The molecule has 130 valence electrons. The lowest BCUT2D eigenvalue weighted by molar-refractivity contribution is 0.102. The Morgan fingerprint density at radius 3 is 2.85 bits per heavy atom. The number of amides is 1. The number of benzene rings is 1. The molecule has 4 rings (SSSR count). The van der Waals surface area contributed by atoms with Gasteiger partial charge in [0.05, 0.1) is 5.39 Å². The maximum Gasteiger partial charge on any atom is 0.361 e. The third kappa shape index (κ3) is 2.35. The van der Waals surface area contributed by atoms with E-state index in [9.17, 15) is 14.4 Å². The van der Waals surface area contributed by atoms with E-state index >= 15 is 0 Å². The topological polar surface area (TPSA) is 136 Å². The van der Waals surface area contributed by atoms with E-state index in [0.717, 1.165) is 0 Å². The Morgan fingerprint density at radius 1 is 1.31 bits per heavy atom. The lowest BCUT2D eigenvalue weighted by Crippen LogP contribution is -2.26. The van der Waals surface area contributed by atoms with Crippen LogP contribution in [0.3, 0.4) is 0 Å². The van der Waals surface area contributed by atoms with Crippen molar-refractivity contribution in [1.82, 2.24) is 25.2 Å². The summed E-state index contributed by atoms with van der Waals surface area (Å²) in [5, 5.41) is 15.8. The molecular formula is C16H12N6O4. The zero-order valence-electron chi connectivity index (χ0n) is 13.5. The van der Waals surface area contributed by atoms with Crippen LogP contribution in [0.4, 0.5) is 5.95 Å². The molecule has 0 unspecified atom stereocenters. The van der Waals surface area contributed by atoms with Crippen LogP contribution in [0.1, 0.15) is 17.3 Å². The number of carbonyl (C=O) groups is 1. The van der Waals surface area contributed by atoms with E-state index in [1.54, 1.807) is 31.2 Å². The van der Waals surface area contributed by atoms with Gasteiger partial charge in [0.25, 0.3) is 11.9 Å². The van der Waals surface area contributed by atoms with E-state index < -0.39 is 17.0 Å². The number of nitrogens with one attached hydrogen (secondary N) is 2. The fraction of sp³-hybridized carbons (Fsp3) is 0.125. The zero-order chi connectivity index (χ0) is 18.3. The molecule has 10 heteroatoms. The molecule has 0 radical (unpaired) electrons. The summed E-state index contributed by atoms with van der Waals surface area (Å²) in [7, 11) is 0. The first-order valence-electron chi connectivity index (χ1n) is 7.74. The predicted molar refractivity (Wildman–Crippen MR) is 92.1 cm³/mol. The Kier molecular flexibility index (Phi) is 3.57. The third-order valence-corrected chi connectivity index (χ3v) is 3.99. The van der Waals surface area contributed by atoms with Gasteiger partial charge in [0.2, 0.25) is 5.43 Å². The molecule has 26 heavy (non-hydrogen) atoms.